The van der Waals surface area contributed by atoms with E-state index in [0.717, 1.165) is 6.42 Å². The van der Waals surface area contributed by atoms with Crippen molar-refractivity contribution >= 4 is 12.4 Å². The first kappa shape index (κ1) is 14.9. The highest BCUT2D eigenvalue weighted by atomic mass is 35.5. The van der Waals surface area contributed by atoms with Crippen molar-refractivity contribution < 1.29 is 15.3 Å². The molecule has 0 spiro atoms. The Morgan fingerprint density at radius 3 is 2.25 bits per heavy atom. The number of nitrogens with two attached hydrogens (primary N) is 1. The number of hydrogen-bond donors (Lipinski definition) is 4. The van der Waals surface area contributed by atoms with Crippen LogP contribution in [0.5, 0.6) is 17.2 Å². The number of phenols is 3. The van der Waals surface area contributed by atoms with E-state index in [1.807, 2.05) is 13.8 Å². The summed E-state index contributed by atoms with van der Waals surface area (Å²) in [5.41, 5.74) is 6.37. The predicted molar refractivity (Wildman–Crippen MR) is 65.1 cm³/mol. The van der Waals surface area contributed by atoms with Gasteiger partial charge in [-0.1, -0.05) is 20.3 Å². The van der Waals surface area contributed by atoms with E-state index in [1.54, 1.807) is 0 Å². The molecule has 0 radical (unpaired) electrons. The molecule has 0 amide bonds. The minimum Gasteiger partial charge on any atom is -0.504 e. The van der Waals surface area contributed by atoms with Gasteiger partial charge in [0.25, 0.3) is 0 Å². The monoisotopic (exact) mass is 247 g/mol. The highest BCUT2D eigenvalue weighted by Crippen LogP contribution is 2.40. The maximum absolute atomic E-state index is 9.60. The summed E-state index contributed by atoms with van der Waals surface area (Å²) in [6.45, 7) is 3.97. The molecule has 5 heteroatoms. The van der Waals surface area contributed by atoms with Crippen molar-refractivity contribution in [1.29, 1.82) is 0 Å². The number of rotatable bonds is 3. The van der Waals surface area contributed by atoms with E-state index < -0.39 is 5.75 Å². The van der Waals surface area contributed by atoms with Crippen LogP contribution in [0.1, 0.15) is 31.9 Å². The van der Waals surface area contributed by atoms with Crippen LogP contribution in [0.4, 0.5) is 0 Å². The average molecular weight is 248 g/mol. The molecular formula is C11H18ClNO3. The SMILES string of the molecule is CCC(C)[C@@H](N)c1ccc(O)c(O)c1O.Cl. The van der Waals surface area contributed by atoms with Gasteiger partial charge in [-0.3, -0.25) is 0 Å². The molecule has 92 valence electrons. The zero-order chi connectivity index (χ0) is 11.6. The van der Waals surface area contributed by atoms with E-state index in [4.69, 9.17) is 10.8 Å². The first-order valence-electron chi connectivity index (χ1n) is 4.98. The van der Waals surface area contributed by atoms with Gasteiger partial charge < -0.3 is 21.1 Å². The molecule has 5 N–H and O–H groups in total. The quantitative estimate of drug-likeness (QED) is 0.617. The maximum atomic E-state index is 9.60. The standard InChI is InChI=1S/C11H17NO3.ClH/c1-3-6(2)9(12)7-4-5-8(13)11(15)10(7)14;/h4-6,9,13-15H,3,12H2,1-2H3;1H/t6?,9-;/m1./s1. The Labute approximate surface area is 101 Å². The summed E-state index contributed by atoms with van der Waals surface area (Å²) in [4.78, 5) is 0. The normalized spacial score (nSPS) is 13.9. The zero-order valence-electron chi connectivity index (χ0n) is 9.34. The van der Waals surface area contributed by atoms with Crippen molar-refractivity contribution in [1.82, 2.24) is 0 Å². The Morgan fingerprint density at radius 2 is 1.75 bits per heavy atom. The maximum Gasteiger partial charge on any atom is 0.200 e. The van der Waals surface area contributed by atoms with E-state index in [9.17, 15) is 10.2 Å². The molecule has 1 rings (SSSR count). The number of aromatic hydroxyl groups is 3. The minimum atomic E-state index is -0.508. The Kier molecular flexibility index (Phi) is 5.41. The van der Waals surface area contributed by atoms with Gasteiger partial charge in [0, 0.05) is 11.6 Å². The van der Waals surface area contributed by atoms with E-state index in [-0.39, 0.29) is 35.9 Å². The Bertz CT molecular complexity index is 357. The fraction of sp³-hybridized carbons (Fsp3) is 0.455. The second kappa shape index (κ2) is 5.82. The van der Waals surface area contributed by atoms with Crippen molar-refractivity contribution in [2.45, 2.75) is 26.3 Å². The second-order valence-electron chi connectivity index (χ2n) is 3.78. The summed E-state index contributed by atoms with van der Waals surface area (Å²) < 4.78 is 0. The number of hydrogen-bond acceptors (Lipinski definition) is 4. The topological polar surface area (TPSA) is 86.7 Å². The van der Waals surface area contributed by atoms with Crippen LogP contribution in [-0.2, 0) is 0 Å². The molecule has 4 nitrogen and oxygen atoms in total. The molecule has 16 heavy (non-hydrogen) atoms. The molecule has 1 unspecified atom stereocenters. The van der Waals surface area contributed by atoms with Crippen LogP contribution in [0.2, 0.25) is 0 Å². The summed E-state index contributed by atoms with van der Waals surface area (Å²) in [6, 6.07) is 2.51. The third-order valence-electron chi connectivity index (χ3n) is 2.78. The van der Waals surface area contributed by atoms with E-state index >= 15 is 0 Å². The molecule has 1 aromatic rings. The predicted octanol–water partition coefficient (Wildman–Crippen LogP) is 2.27. The van der Waals surface area contributed by atoms with Gasteiger partial charge in [0.05, 0.1) is 0 Å². The molecule has 0 saturated heterocycles. The van der Waals surface area contributed by atoms with Crippen LogP contribution < -0.4 is 5.73 Å². The Hall–Kier alpha value is -1.13. The van der Waals surface area contributed by atoms with Crippen molar-refractivity contribution in [2.24, 2.45) is 11.7 Å². The minimum absolute atomic E-state index is 0. The lowest BCUT2D eigenvalue weighted by atomic mass is 9.92. The summed E-state index contributed by atoms with van der Waals surface area (Å²) in [6.07, 6.45) is 0.877. The Balaban J connectivity index is 0.00000225. The number of halogens is 1. The van der Waals surface area contributed by atoms with Crippen molar-refractivity contribution in [2.75, 3.05) is 0 Å². The summed E-state index contributed by atoms with van der Waals surface area (Å²) >= 11 is 0. The van der Waals surface area contributed by atoms with Gasteiger partial charge in [0.2, 0.25) is 5.75 Å². The molecule has 0 aromatic heterocycles. The van der Waals surface area contributed by atoms with Gasteiger partial charge >= 0.3 is 0 Å². The van der Waals surface area contributed by atoms with Gasteiger partial charge in [-0.25, -0.2) is 0 Å². The molecule has 0 aliphatic heterocycles. The van der Waals surface area contributed by atoms with Gasteiger partial charge in [-0.2, -0.15) is 0 Å². The zero-order valence-corrected chi connectivity index (χ0v) is 10.2. The molecule has 0 saturated carbocycles. The van der Waals surface area contributed by atoms with Crippen molar-refractivity contribution in [3.63, 3.8) is 0 Å². The number of phenolic OH excluding ortho intramolecular Hbond substituents is 3. The lowest BCUT2D eigenvalue weighted by Crippen LogP contribution is -2.18. The highest BCUT2D eigenvalue weighted by Gasteiger charge is 2.20. The first-order chi connectivity index (χ1) is 6.99. The smallest absolute Gasteiger partial charge is 0.200 e. The third kappa shape index (κ3) is 2.71. The first-order valence-corrected chi connectivity index (χ1v) is 4.98. The van der Waals surface area contributed by atoms with Crippen LogP contribution in [0.15, 0.2) is 12.1 Å². The van der Waals surface area contributed by atoms with E-state index in [2.05, 4.69) is 0 Å². The highest BCUT2D eigenvalue weighted by molar-refractivity contribution is 5.85. The third-order valence-corrected chi connectivity index (χ3v) is 2.78. The molecule has 2 atom stereocenters. The molecule has 0 aliphatic carbocycles. The average Bonchev–Trinajstić information content (AvgIpc) is 2.24. The van der Waals surface area contributed by atoms with Gasteiger partial charge in [0.1, 0.15) is 0 Å². The van der Waals surface area contributed by atoms with Gasteiger partial charge in [0.15, 0.2) is 11.5 Å². The second-order valence-corrected chi connectivity index (χ2v) is 3.78. The fourth-order valence-corrected chi connectivity index (χ4v) is 1.41. The van der Waals surface area contributed by atoms with Crippen molar-refractivity contribution in [3.05, 3.63) is 17.7 Å². The lowest BCUT2D eigenvalue weighted by molar-refractivity contribution is 0.356. The molecule has 0 heterocycles. The van der Waals surface area contributed by atoms with Crippen LogP contribution in [0.3, 0.4) is 0 Å². The number of benzene rings is 1. The molecular weight excluding hydrogens is 230 g/mol. The van der Waals surface area contributed by atoms with Crippen LogP contribution in [0.25, 0.3) is 0 Å². The van der Waals surface area contributed by atoms with Crippen LogP contribution in [0, 0.1) is 5.92 Å². The van der Waals surface area contributed by atoms with E-state index in [0.29, 0.717) is 5.56 Å². The van der Waals surface area contributed by atoms with Crippen LogP contribution in [-0.4, -0.2) is 15.3 Å². The largest absolute Gasteiger partial charge is 0.504 e. The summed E-state index contributed by atoms with van der Waals surface area (Å²) in [5.74, 6) is -0.985. The van der Waals surface area contributed by atoms with Gasteiger partial charge in [-0.15, -0.1) is 12.4 Å². The fourth-order valence-electron chi connectivity index (χ4n) is 1.41. The van der Waals surface area contributed by atoms with Crippen LogP contribution >= 0.6 is 12.4 Å². The molecule has 0 aliphatic rings. The lowest BCUT2D eigenvalue weighted by Gasteiger charge is -2.20. The van der Waals surface area contributed by atoms with Gasteiger partial charge in [-0.05, 0) is 18.1 Å². The summed E-state index contributed by atoms with van der Waals surface area (Å²) in [5, 5.41) is 28.1. The summed E-state index contributed by atoms with van der Waals surface area (Å²) in [7, 11) is 0. The molecule has 0 bridgehead atoms. The molecule has 0 fully saturated rings. The molecule has 1 aromatic carbocycles. The van der Waals surface area contributed by atoms with E-state index in [1.165, 1.54) is 12.1 Å². The Morgan fingerprint density at radius 1 is 1.19 bits per heavy atom. The van der Waals surface area contributed by atoms with Crippen molar-refractivity contribution in [3.8, 4) is 17.2 Å².